The van der Waals surface area contributed by atoms with Crippen LogP contribution in [0.4, 0.5) is 0 Å². The highest BCUT2D eigenvalue weighted by atomic mass is 28.4. The van der Waals surface area contributed by atoms with Crippen LogP contribution in [0.2, 0.25) is 6.04 Å². The molecule has 0 aromatic heterocycles. The topological polar surface area (TPSA) is 34.1 Å². The van der Waals surface area contributed by atoms with Crippen LogP contribution in [-0.2, 0) is 8.85 Å². The SMILES string of the molecule is CCCCCCCC=NCCN1CCCC[Si]1(OC)OC. The first kappa shape index (κ1) is 18.8. The van der Waals surface area contributed by atoms with Crippen molar-refractivity contribution in [3.63, 3.8) is 0 Å². The molecule has 0 spiro atoms. The van der Waals surface area contributed by atoms with Crippen molar-refractivity contribution in [3.8, 4) is 0 Å². The summed E-state index contributed by atoms with van der Waals surface area (Å²) in [7, 11) is 1.51. The molecule has 0 atom stereocenters. The van der Waals surface area contributed by atoms with Gasteiger partial charge >= 0.3 is 8.72 Å². The molecule has 1 saturated heterocycles. The van der Waals surface area contributed by atoms with E-state index >= 15 is 0 Å². The number of unbranched alkanes of at least 4 members (excludes halogenated alkanes) is 5. The summed E-state index contributed by atoms with van der Waals surface area (Å²) in [4.78, 5) is 4.56. The molecule has 1 aliphatic heterocycles. The lowest BCUT2D eigenvalue weighted by molar-refractivity contribution is 0.148. The van der Waals surface area contributed by atoms with Gasteiger partial charge in [0.05, 0.1) is 6.54 Å². The molecule has 5 heteroatoms. The van der Waals surface area contributed by atoms with Crippen molar-refractivity contribution in [3.05, 3.63) is 0 Å². The van der Waals surface area contributed by atoms with Crippen LogP contribution in [0.5, 0.6) is 0 Å². The van der Waals surface area contributed by atoms with E-state index in [1.165, 1.54) is 44.9 Å². The maximum atomic E-state index is 5.76. The Morgan fingerprint density at radius 2 is 1.86 bits per heavy atom. The van der Waals surface area contributed by atoms with Gasteiger partial charge in [-0.15, -0.1) is 0 Å². The fourth-order valence-electron chi connectivity index (χ4n) is 3.01. The molecule has 0 radical (unpaired) electrons. The molecule has 0 unspecified atom stereocenters. The van der Waals surface area contributed by atoms with Gasteiger partial charge in [-0.1, -0.05) is 32.6 Å². The van der Waals surface area contributed by atoms with Crippen LogP contribution in [0.15, 0.2) is 4.99 Å². The van der Waals surface area contributed by atoms with Crippen molar-refractivity contribution in [1.29, 1.82) is 0 Å². The van der Waals surface area contributed by atoms with Crippen LogP contribution in [0.25, 0.3) is 0 Å². The summed E-state index contributed by atoms with van der Waals surface area (Å²) in [5, 5.41) is 0. The van der Waals surface area contributed by atoms with E-state index < -0.39 is 8.72 Å². The first-order valence-corrected chi connectivity index (χ1v) is 10.6. The molecule has 0 aliphatic carbocycles. The second kappa shape index (κ2) is 11.3. The molecule has 4 nitrogen and oxygen atoms in total. The molecule has 1 aliphatic rings. The van der Waals surface area contributed by atoms with Crippen molar-refractivity contribution in [2.24, 2.45) is 4.99 Å². The summed E-state index contributed by atoms with van der Waals surface area (Å²) in [5.74, 6) is 0. The highest BCUT2D eigenvalue weighted by Crippen LogP contribution is 2.25. The van der Waals surface area contributed by atoms with Gasteiger partial charge in [-0.05, 0) is 38.4 Å². The first-order valence-electron chi connectivity index (χ1n) is 8.62. The van der Waals surface area contributed by atoms with Gasteiger partial charge in [0.2, 0.25) is 0 Å². The van der Waals surface area contributed by atoms with Crippen molar-refractivity contribution in [1.82, 2.24) is 4.57 Å². The standard InChI is InChI=1S/C16H34N2O2Si/c1-4-5-6-7-8-9-12-17-13-15-18-14-10-11-16-21(18,19-2)20-3/h12H,4-11,13-16H2,1-3H3. The van der Waals surface area contributed by atoms with Crippen molar-refractivity contribution in [2.45, 2.75) is 64.3 Å². The monoisotopic (exact) mass is 314 g/mol. The van der Waals surface area contributed by atoms with Crippen molar-refractivity contribution in [2.75, 3.05) is 33.9 Å². The Hall–Kier alpha value is -0.233. The Balaban J connectivity index is 2.18. The number of hydrogen-bond acceptors (Lipinski definition) is 4. The highest BCUT2D eigenvalue weighted by Gasteiger charge is 2.44. The van der Waals surface area contributed by atoms with Crippen LogP contribution >= 0.6 is 0 Å². The molecule has 1 rings (SSSR count). The molecular formula is C16H34N2O2Si. The minimum Gasteiger partial charge on any atom is -0.386 e. The zero-order chi connectivity index (χ0) is 15.4. The smallest absolute Gasteiger partial charge is 0.386 e. The minimum atomic E-state index is -2.09. The van der Waals surface area contributed by atoms with Crippen LogP contribution in [0, 0.1) is 0 Å². The summed E-state index contributed by atoms with van der Waals surface area (Å²) in [6.45, 7) is 5.20. The molecule has 0 aromatic rings. The van der Waals surface area contributed by atoms with E-state index in [-0.39, 0.29) is 0 Å². The maximum absolute atomic E-state index is 5.76. The van der Waals surface area contributed by atoms with Gasteiger partial charge < -0.3 is 8.85 Å². The van der Waals surface area contributed by atoms with E-state index in [1.54, 1.807) is 14.2 Å². The molecule has 124 valence electrons. The summed E-state index contributed by atoms with van der Waals surface area (Å²) >= 11 is 0. The second-order valence-electron chi connectivity index (χ2n) is 5.86. The van der Waals surface area contributed by atoms with Gasteiger partial charge in [0.15, 0.2) is 0 Å². The number of rotatable bonds is 11. The fourth-order valence-corrected chi connectivity index (χ4v) is 6.05. The molecule has 0 saturated carbocycles. The Kier molecular flexibility index (Phi) is 10.2. The summed E-state index contributed by atoms with van der Waals surface area (Å²) in [6, 6.07) is 1.08. The summed E-state index contributed by atoms with van der Waals surface area (Å²) < 4.78 is 14.0. The quantitative estimate of drug-likeness (QED) is 0.331. The Labute approximate surface area is 132 Å². The van der Waals surface area contributed by atoms with Crippen molar-refractivity contribution < 1.29 is 8.85 Å². The number of aliphatic imine (C=N–C) groups is 1. The third kappa shape index (κ3) is 6.59. The zero-order valence-electron chi connectivity index (χ0n) is 14.3. The van der Waals surface area contributed by atoms with Crippen LogP contribution in [-0.4, -0.2) is 53.4 Å². The van der Waals surface area contributed by atoms with Gasteiger partial charge in [0, 0.05) is 26.8 Å². The number of nitrogens with zero attached hydrogens (tertiary/aromatic N) is 2. The average molecular weight is 315 g/mol. The normalized spacial score (nSPS) is 19.4. The molecular weight excluding hydrogens is 280 g/mol. The average Bonchev–Trinajstić information content (AvgIpc) is 2.53. The molecule has 1 fully saturated rings. The molecule has 1 heterocycles. The van der Waals surface area contributed by atoms with Gasteiger partial charge in [-0.2, -0.15) is 0 Å². The maximum Gasteiger partial charge on any atom is 0.427 e. The predicted octanol–water partition coefficient (Wildman–Crippen LogP) is 3.75. The lowest BCUT2D eigenvalue weighted by Crippen LogP contribution is -2.60. The van der Waals surface area contributed by atoms with Crippen LogP contribution in [0.1, 0.15) is 58.3 Å². The molecule has 0 N–H and O–H groups in total. The Morgan fingerprint density at radius 1 is 1.10 bits per heavy atom. The van der Waals surface area contributed by atoms with Gasteiger partial charge in [0.25, 0.3) is 0 Å². The van der Waals surface area contributed by atoms with Crippen LogP contribution < -0.4 is 0 Å². The van der Waals surface area contributed by atoms with E-state index in [1.807, 2.05) is 0 Å². The predicted molar refractivity (Wildman–Crippen MR) is 92.1 cm³/mol. The first-order chi connectivity index (χ1) is 10.3. The van der Waals surface area contributed by atoms with E-state index in [2.05, 4.69) is 22.7 Å². The van der Waals surface area contributed by atoms with Crippen LogP contribution in [0.3, 0.4) is 0 Å². The zero-order valence-corrected chi connectivity index (χ0v) is 15.3. The summed E-state index contributed by atoms with van der Waals surface area (Å²) in [5.41, 5.74) is 0. The Bertz CT molecular complexity index is 283. The molecule has 0 bridgehead atoms. The minimum absolute atomic E-state index is 0.871. The molecule has 21 heavy (non-hydrogen) atoms. The Morgan fingerprint density at radius 3 is 2.57 bits per heavy atom. The largest absolute Gasteiger partial charge is 0.427 e. The van der Waals surface area contributed by atoms with E-state index in [0.717, 1.165) is 32.1 Å². The van der Waals surface area contributed by atoms with E-state index in [0.29, 0.717) is 0 Å². The third-order valence-corrected chi connectivity index (χ3v) is 8.03. The van der Waals surface area contributed by atoms with E-state index in [9.17, 15) is 0 Å². The van der Waals surface area contributed by atoms with Gasteiger partial charge in [-0.3, -0.25) is 9.56 Å². The lowest BCUT2D eigenvalue weighted by atomic mass is 10.1. The number of hydrogen-bond donors (Lipinski definition) is 0. The van der Waals surface area contributed by atoms with Crippen molar-refractivity contribution >= 4 is 14.9 Å². The fraction of sp³-hybridized carbons (Fsp3) is 0.938. The molecule has 0 amide bonds. The van der Waals surface area contributed by atoms with Gasteiger partial charge in [-0.25, -0.2) is 0 Å². The van der Waals surface area contributed by atoms with E-state index in [4.69, 9.17) is 8.85 Å². The summed E-state index contributed by atoms with van der Waals surface area (Å²) in [6.07, 6.45) is 12.4. The second-order valence-corrected chi connectivity index (χ2v) is 9.23. The van der Waals surface area contributed by atoms with Gasteiger partial charge in [0.1, 0.15) is 0 Å². The lowest BCUT2D eigenvalue weighted by Gasteiger charge is -2.41. The molecule has 0 aromatic carbocycles. The highest BCUT2D eigenvalue weighted by molar-refractivity contribution is 6.64. The third-order valence-electron chi connectivity index (χ3n) is 4.36.